The summed E-state index contributed by atoms with van der Waals surface area (Å²) in [4.78, 5) is 39.8. The summed E-state index contributed by atoms with van der Waals surface area (Å²) in [6.45, 7) is 5.82. The maximum absolute atomic E-state index is 15.2. The Kier molecular flexibility index (Phi) is 9.21. The van der Waals surface area contributed by atoms with E-state index in [0.717, 1.165) is 45.1 Å². The minimum absolute atomic E-state index is 0.0173. The van der Waals surface area contributed by atoms with Crippen molar-refractivity contribution in [2.45, 2.75) is 43.7 Å². The van der Waals surface area contributed by atoms with Crippen molar-refractivity contribution in [2.24, 2.45) is 5.92 Å². The second kappa shape index (κ2) is 13.8. The van der Waals surface area contributed by atoms with E-state index in [1.165, 1.54) is 10.6 Å². The Balaban J connectivity index is 0.953. The van der Waals surface area contributed by atoms with E-state index in [1.807, 2.05) is 12.1 Å². The molecule has 0 radical (unpaired) electrons. The number of aromatic nitrogens is 2. The van der Waals surface area contributed by atoms with Crippen LogP contribution in [0.2, 0.25) is 0 Å². The first-order valence-corrected chi connectivity index (χ1v) is 16.5. The van der Waals surface area contributed by atoms with Gasteiger partial charge in [0, 0.05) is 74.6 Å². The number of anilines is 3. The fourth-order valence-electron chi connectivity index (χ4n) is 6.80. The molecular weight excluding hydrogens is 617 g/mol. The zero-order chi connectivity index (χ0) is 33.2. The van der Waals surface area contributed by atoms with E-state index in [0.29, 0.717) is 23.2 Å². The van der Waals surface area contributed by atoms with E-state index in [1.54, 1.807) is 30.5 Å². The minimum atomic E-state index is -1.48. The molecule has 250 valence electrons. The number of hydrogen-bond acceptors (Lipinski definition) is 11. The second-order valence-electron chi connectivity index (χ2n) is 12.8. The number of Topliss-reactive ketones (excluding diaryl/α,β-unsaturated/α-hetero) is 1. The highest BCUT2D eigenvalue weighted by atomic mass is 19.1. The number of piperazine rings is 1. The smallest absolute Gasteiger partial charge is 0.226 e. The summed E-state index contributed by atoms with van der Waals surface area (Å²) in [5.41, 5.74) is 2.89. The number of halogens is 1. The number of alkyl halides is 1. The predicted molar refractivity (Wildman–Crippen MR) is 175 cm³/mol. The Hall–Kier alpha value is -4.64. The molecule has 1 aromatic heterocycles. The summed E-state index contributed by atoms with van der Waals surface area (Å²) in [7, 11) is 0. The lowest BCUT2D eigenvalue weighted by Crippen LogP contribution is -2.56. The third-order valence-corrected chi connectivity index (χ3v) is 9.72. The summed E-state index contributed by atoms with van der Waals surface area (Å²) in [6.07, 6.45) is -1.51. The van der Waals surface area contributed by atoms with Crippen LogP contribution < -0.4 is 15.0 Å². The Bertz CT molecular complexity index is 1690. The first kappa shape index (κ1) is 31.9. The molecule has 0 unspecified atom stereocenters. The van der Waals surface area contributed by atoms with Gasteiger partial charge in [0.05, 0.1) is 31.4 Å². The normalized spacial score (nSPS) is 25.0. The van der Waals surface area contributed by atoms with Crippen LogP contribution in [0.3, 0.4) is 0 Å². The van der Waals surface area contributed by atoms with Gasteiger partial charge in [0.15, 0.2) is 17.8 Å². The van der Waals surface area contributed by atoms with Gasteiger partial charge in [-0.15, -0.1) is 0 Å². The minimum Gasteiger partial charge on any atom is -0.486 e. The third-order valence-electron chi connectivity index (χ3n) is 9.72. The Morgan fingerprint density at radius 3 is 2.54 bits per heavy atom. The van der Waals surface area contributed by atoms with E-state index >= 15 is 4.39 Å². The number of nitrogens with one attached hydrogen (secondary N) is 1. The van der Waals surface area contributed by atoms with Crippen LogP contribution in [0.25, 0.3) is 11.4 Å². The largest absolute Gasteiger partial charge is 0.486 e. The lowest BCUT2D eigenvalue weighted by atomic mass is 10.0. The average molecular weight is 656 g/mol. The van der Waals surface area contributed by atoms with Crippen LogP contribution >= 0.6 is 0 Å². The zero-order valence-electron chi connectivity index (χ0n) is 26.5. The molecule has 0 bridgehead atoms. The molecule has 4 heterocycles. The summed E-state index contributed by atoms with van der Waals surface area (Å²) in [6, 6.07) is 17.7. The number of nitrogens with zero attached hydrogens (tertiary/aromatic N) is 6. The Morgan fingerprint density at radius 2 is 1.88 bits per heavy atom. The van der Waals surface area contributed by atoms with Gasteiger partial charge in [0.2, 0.25) is 5.91 Å². The molecule has 4 fully saturated rings. The highest BCUT2D eigenvalue weighted by Gasteiger charge is 2.41. The number of piperidine rings is 1. The number of ketones is 1. The summed E-state index contributed by atoms with van der Waals surface area (Å²) in [5, 5.41) is 22.9. The number of benzene rings is 2. The fourth-order valence-corrected chi connectivity index (χ4v) is 6.80. The number of aliphatic hydroxyl groups is 1. The number of amides is 1. The maximum Gasteiger partial charge on any atom is 0.226 e. The molecule has 2 N–H and O–H groups in total. The third kappa shape index (κ3) is 6.82. The van der Waals surface area contributed by atoms with Crippen molar-refractivity contribution in [1.29, 1.82) is 5.26 Å². The van der Waals surface area contributed by atoms with Crippen molar-refractivity contribution >= 4 is 28.9 Å². The molecule has 3 aromatic rings. The molecular formula is C35H38FN7O5. The van der Waals surface area contributed by atoms with E-state index in [2.05, 4.69) is 43.3 Å². The summed E-state index contributed by atoms with van der Waals surface area (Å²) < 4.78 is 26.5. The average Bonchev–Trinajstić information content (AvgIpc) is 3.43. The molecule has 13 heteroatoms. The summed E-state index contributed by atoms with van der Waals surface area (Å²) >= 11 is 0. The van der Waals surface area contributed by atoms with Crippen molar-refractivity contribution in [3.63, 3.8) is 0 Å². The molecule has 4 atom stereocenters. The lowest BCUT2D eigenvalue weighted by molar-refractivity contribution is -0.140. The van der Waals surface area contributed by atoms with Crippen molar-refractivity contribution in [3.8, 4) is 23.2 Å². The SMILES string of the molecule is N#Cc1cc(-c2nccc(Nc3ccc(N4CCN(C5COC5)CC4)cc3)n2)ccc1O[C@H]1CCN(C(=O)[C@H]2CC(=O)[C@H](O)C2)C[C@H]1F. The van der Waals surface area contributed by atoms with Crippen LogP contribution in [0.4, 0.5) is 21.6 Å². The number of carbonyl (C=O) groups excluding carboxylic acids is 2. The standard InChI is InChI=1S/C35H38FN7O5/c36-28-19-43(35(46)23-16-29(44)30(45)17-23)10-8-32(28)48-31-6-1-22(15-24(31)18-37)34-38-9-7-33(40-34)39-25-2-4-26(5-3-25)41-11-13-42(14-12-41)27-20-47-21-27/h1-7,9,15,23,27-29,32,44H,8,10-14,16-17,19-21H2,(H,38,39,40)/t23-,28-,29-,32+/m1/s1. The van der Waals surface area contributed by atoms with Crippen molar-refractivity contribution < 1.29 is 28.6 Å². The molecule has 4 aliphatic rings. The number of nitriles is 1. The molecule has 0 spiro atoms. The molecule has 1 saturated carbocycles. The second-order valence-corrected chi connectivity index (χ2v) is 12.8. The van der Waals surface area contributed by atoms with Crippen molar-refractivity contribution in [3.05, 3.63) is 60.3 Å². The van der Waals surface area contributed by atoms with Gasteiger partial charge in [-0.25, -0.2) is 14.4 Å². The van der Waals surface area contributed by atoms with Gasteiger partial charge in [0.25, 0.3) is 0 Å². The number of hydrogen-bond donors (Lipinski definition) is 2. The van der Waals surface area contributed by atoms with Gasteiger partial charge < -0.3 is 29.7 Å². The van der Waals surface area contributed by atoms with Crippen LogP contribution in [0.5, 0.6) is 5.75 Å². The fraction of sp³-hybridized carbons (Fsp3) is 0.457. The lowest BCUT2D eigenvalue weighted by Gasteiger charge is -2.43. The highest BCUT2D eigenvalue weighted by molar-refractivity contribution is 5.92. The van der Waals surface area contributed by atoms with Gasteiger partial charge in [-0.3, -0.25) is 14.5 Å². The van der Waals surface area contributed by atoms with Gasteiger partial charge in [-0.1, -0.05) is 0 Å². The quantitative estimate of drug-likeness (QED) is 0.370. The van der Waals surface area contributed by atoms with Gasteiger partial charge >= 0.3 is 0 Å². The monoisotopic (exact) mass is 655 g/mol. The first-order valence-electron chi connectivity index (χ1n) is 16.5. The molecule has 7 rings (SSSR count). The number of rotatable bonds is 8. The predicted octanol–water partition coefficient (Wildman–Crippen LogP) is 2.94. The van der Waals surface area contributed by atoms with Crippen LogP contribution in [-0.4, -0.2) is 113 Å². The van der Waals surface area contributed by atoms with Gasteiger partial charge in [0.1, 0.15) is 29.8 Å². The van der Waals surface area contributed by atoms with Crippen LogP contribution in [-0.2, 0) is 14.3 Å². The van der Waals surface area contributed by atoms with E-state index in [4.69, 9.17) is 9.47 Å². The summed E-state index contributed by atoms with van der Waals surface area (Å²) in [5.74, 6) is -0.0288. The van der Waals surface area contributed by atoms with Crippen molar-refractivity contribution in [1.82, 2.24) is 19.8 Å². The molecule has 2 aromatic carbocycles. The molecule has 48 heavy (non-hydrogen) atoms. The topological polar surface area (TPSA) is 144 Å². The van der Waals surface area contributed by atoms with Crippen LogP contribution in [0.15, 0.2) is 54.7 Å². The van der Waals surface area contributed by atoms with Crippen LogP contribution in [0, 0.1) is 17.2 Å². The molecule has 12 nitrogen and oxygen atoms in total. The van der Waals surface area contributed by atoms with Crippen molar-refractivity contribution in [2.75, 3.05) is 62.7 Å². The van der Waals surface area contributed by atoms with Crippen LogP contribution in [0.1, 0.15) is 24.8 Å². The molecule has 1 amide bonds. The number of aliphatic hydroxyl groups excluding tert-OH is 1. The molecule has 1 aliphatic carbocycles. The maximum atomic E-state index is 15.2. The van der Waals surface area contributed by atoms with Gasteiger partial charge in [-0.2, -0.15) is 5.26 Å². The molecule has 3 aliphatic heterocycles. The first-order chi connectivity index (χ1) is 23.3. The number of likely N-dealkylation sites (tertiary alicyclic amines) is 1. The Morgan fingerprint density at radius 1 is 1.08 bits per heavy atom. The van der Waals surface area contributed by atoms with E-state index in [9.17, 15) is 20.0 Å². The van der Waals surface area contributed by atoms with E-state index in [-0.39, 0.29) is 55.4 Å². The Labute approximate surface area is 278 Å². The molecule has 3 saturated heterocycles. The van der Waals surface area contributed by atoms with E-state index < -0.39 is 24.3 Å². The zero-order valence-corrected chi connectivity index (χ0v) is 26.5. The number of carbonyl (C=O) groups is 2. The van der Waals surface area contributed by atoms with Gasteiger partial charge in [-0.05, 0) is 55.0 Å². The highest BCUT2D eigenvalue weighted by Crippen LogP contribution is 2.31. The number of ether oxygens (including phenoxy) is 2.